The number of Topliss-reactive ketones (excluding diaryl/α,β-unsaturated/α-hetero) is 1. The summed E-state index contributed by atoms with van der Waals surface area (Å²) in [4.78, 5) is 13.1. The number of para-hydroxylation sites is 1. The first-order valence-corrected chi connectivity index (χ1v) is 7.73. The van der Waals surface area contributed by atoms with Gasteiger partial charge in [-0.3, -0.25) is 4.79 Å². The number of hydrogen-bond acceptors (Lipinski definition) is 4. The number of carbonyl (C=O) groups excluding carboxylic acids is 1. The van der Waals surface area contributed by atoms with Crippen molar-refractivity contribution in [2.24, 2.45) is 0 Å². The largest absolute Gasteiger partial charge is 0.493 e. The fourth-order valence-corrected chi connectivity index (χ4v) is 2.84. The van der Waals surface area contributed by atoms with Crippen LogP contribution in [0.2, 0.25) is 0 Å². The molecule has 124 valence electrons. The SMILES string of the molecule is COc1ccc(C(=O)C2=CC(C)(C)Oc3ccccc32)cc1OC. The zero-order valence-corrected chi connectivity index (χ0v) is 14.3. The second kappa shape index (κ2) is 6.04. The minimum Gasteiger partial charge on any atom is -0.493 e. The van der Waals surface area contributed by atoms with E-state index >= 15 is 0 Å². The van der Waals surface area contributed by atoms with Crippen molar-refractivity contribution in [3.63, 3.8) is 0 Å². The van der Waals surface area contributed by atoms with E-state index in [0.717, 1.165) is 5.56 Å². The Hall–Kier alpha value is -2.75. The van der Waals surface area contributed by atoms with E-state index in [1.165, 1.54) is 0 Å². The van der Waals surface area contributed by atoms with Gasteiger partial charge in [0.25, 0.3) is 0 Å². The monoisotopic (exact) mass is 324 g/mol. The van der Waals surface area contributed by atoms with Crippen LogP contribution >= 0.6 is 0 Å². The van der Waals surface area contributed by atoms with Gasteiger partial charge in [-0.15, -0.1) is 0 Å². The number of fused-ring (bicyclic) bond motifs is 1. The van der Waals surface area contributed by atoms with Gasteiger partial charge in [0.05, 0.1) is 14.2 Å². The third kappa shape index (κ3) is 2.87. The molecule has 0 fully saturated rings. The first-order valence-electron chi connectivity index (χ1n) is 7.73. The maximum absolute atomic E-state index is 13.1. The second-order valence-corrected chi connectivity index (χ2v) is 6.16. The molecule has 0 radical (unpaired) electrons. The van der Waals surface area contributed by atoms with Gasteiger partial charge in [-0.05, 0) is 44.2 Å². The van der Waals surface area contributed by atoms with Crippen molar-refractivity contribution in [3.05, 3.63) is 59.7 Å². The maximum Gasteiger partial charge on any atom is 0.193 e. The van der Waals surface area contributed by atoms with Crippen molar-refractivity contribution >= 4 is 11.4 Å². The average molecular weight is 324 g/mol. The minimum absolute atomic E-state index is 0.0696. The summed E-state index contributed by atoms with van der Waals surface area (Å²) in [6.07, 6.45) is 1.87. The molecule has 3 rings (SSSR count). The van der Waals surface area contributed by atoms with Crippen LogP contribution in [0.4, 0.5) is 0 Å². The van der Waals surface area contributed by atoms with Crippen molar-refractivity contribution in [1.29, 1.82) is 0 Å². The lowest BCUT2D eigenvalue weighted by Crippen LogP contribution is -2.30. The quantitative estimate of drug-likeness (QED) is 0.793. The van der Waals surface area contributed by atoms with Crippen LogP contribution in [-0.2, 0) is 0 Å². The molecule has 0 bridgehead atoms. The number of carbonyl (C=O) groups is 1. The molecule has 2 aromatic carbocycles. The average Bonchev–Trinajstić information content (AvgIpc) is 2.58. The van der Waals surface area contributed by atoms with Crippen LogP contribution in [0.1, 0.15) is 29.8 Å². The highest BCUT2D eigenvalue weighted by Gasteiger charge is 2.30. The van der Waals surface area contributed by atoms with Gasteiger partial charge in [0.2, 0.25) is 0 Å². The predicted molar refractivity (Wildman–Crippen MR) is 93.0 cm³/mol. The van der Waals surface area contributed by atoms with E-state index in [-0.39, 0.29) is 5.78 Å². The van der Waals surface area contributed by atoms with E-state index in [4.69, 9.17) is 14.2 Å². The Morgan fingerprint density at radius 1 is 1.00 bits per heavy atom. The van der Waals surface area contributed by atoms with E-state index in [1.54, 1.807) is 32.4 Å². The molecule has 1 aliphatic rings. The van der Waals surface area contributed by atoms with Crippen LogP contribution in [0.15, 0.2) is 48.5 Å². The van der Waals surface area contributed by atoms with Gasteiger partial charge in [-0.1, -0.05) is 18.2 Å². The zero-order valence-electron chi connectivity index (χ0n) is 14.3. The van der Waals surface area contributed by atoms with Crippen LogP contribution in [-0.4, -0.2) is 25.6 Å². The number of rotatable bonds is 4. The molecule has 2 aromatic rings. The molecule has 0 spiro atoms. The van der Waals surface area contributed by atoms with E-state index in [0.29, 0.717) is 28.4 Å². The molecule has 0 saturated carbocycles. The summed E-state index contributed by atoms with van der Waals surface area (Å²) in [6, 6.07) is 12.8. The van der Waals surface area contributed by atoms with Crippen molar-refractivity contribution < 1.29 is 19.0 Å². The van der Waals surface area contributed by atoms with Crippen molar-refractivity contribution in [1.82, 2.24) is 0 Å². The van der Waals surface area contributed by atoms with Crippen molar-refractivity contribution in [3.8, 4) is 17.2 Å². The molecule has 0 atom stereocenters. The van der Waals surface area contributed by atoms with Gasteiger partial charge in [0, 0.05) is 16.7 Å². The van der Waals surface area contributed by atoms with Crippen LogP contribution in [0.5, 0.6) is 17.2 Å². The normalized spacial score (nSPS) is 14.9. The molecule has 0 aliphatic carbocycles. The van der Waals surface area contributed by atoms with E-state index < -0.39 is 5.60 Å². The first-order chi connectivity index (χ1) is 11.4. The molecule has 1 aliphatic heterocycles. The Labute approximate surface area is 141 Å². The summed E-state index contributed by atoms with van der Waals surface area (Å²) in [6.45, 7) is 3.87. The second-order valence-electron chi connectivity index (χ2n) is 6.16. The zero-order chi connectivity index (χ0) is 17.3. The van der Waals surface area contributed by atoms with Crippen molar-refractivity contribution in [2.45, 2.75) is 19.4 Å². The van der Waals surface area contributed by atoms with Gasteiger partial charge in [-0.25, -0.2) is 0 Å². The highest BCUT2D eigenvalue weighted by Crippen LogP contribution is 2.38. The lowest BCUT2D eigenvalue weighted by molar-refractivity contribution is 0.104. The minimum atomic E-state index is -0.546. The Kier molecular flexibility index (Phi) is 4.06. The summed E-state index contributed by atoms with van der Waals surface area (Å²) in [7, 11) is 3.12. The molecule has 0 N–H and O–H groups in total. The van der Waals surface area contributed by atoms with E-state index in [1.807, 2.05) is 44.2 Å². The molecular weight excluding hydrogens is 304 g/mol. The number of benzene rings is 2. The topological polar surface area (TPSA) is 44.8 Å². The summed E-state index contributed by atoms with van der Waals surface area (Å²) < 4.78 is 16.5. The van der Waals surface area contributed by atoms with Gasteiger partial charge in [0.15, 0.2) is 17.3 Å². The molecule has 0 saturated heterocycles. The van der Waals surface area contributed by atoms with Crippen LogP contribution in [0.25, 0.3) is 5.57 Å². The predicted octanol–water partition coefficient (Wildman–Crippen LogP) is 4.14. The molecule has 4 heteroatoms. The third-order valence-electron chi connectivity index (χ3n) is 3.93. The van der Waals surface area contributed by atoms with Gasteiger partial charge >= 0.3 is 0 Å². The van der Waals surface area contributed by atoms with E-state index in [2.05, 4.69) is 0 Å². The number of methoxy groups -OCH3 is 2. The lowest BCUT2D eigenvalue weighted by Gasteiger charge is -2.30. The van der Waals surface area contributed by atoms with Gasteiger partial charge < -0.3 is 14.2 Å². The van der Waals surface area contributed by atoms with E-state index in [9.17, 15) is 4.79 Å². The van der Waals surface area contributed by atoms with Crippen LogP contribution in [0, 0.1) is 0 Å². The Balaban J connectivity index is 2.07. The van der Waals surface area contributed by atoms with Gasteiger partial charge in [0.1, 0.15) is 11.4 Å². The molecule has 24 heavy (non-hydrogen) atoms. The summed E-state index contributed by atoms with van der Waals surface area (Å²) >= 11 is 0. The smallest absolute Gasteiger partial charge is 0.193 e. The Morgan fingerprint density at radius 3 is 2.42 bits per heavy atom. The maximum atomic E-state index is 13.1. The number of ether oxygens (including phenoxy) is 3. The first kappa shape index (κ1) is 16.1. The van der Waals surface area contributed by atoms with Crippen LogP contribution in [0.3, 0.4) is 0 Å². The number of hydrogen-bond donors (Lipinski definition) is 0. The molecule has 4 nitrogen and oxygen atoms in total. The molecule has 0 amide bonds. The summed E-state index contributed by atoms with van der Waals surface area (Å²) in [5.74, 6) is 1.77. The van der Waals surface area contributed by atoms with Gasteiger partial charge in [-0.2, -0.15) is 0 Å². The standard InChI is InChI=1S/C20H20O4/c1-20(2)12-15(14-7-5-6-8-16(14)24-20)19(21)13-9-10-17(22-3)18(11-13)23-4/h5-12H,1-4H3. The Morgan fingerprint density at radius 2 is 1.71 bits per heavy atom. The summed E-state index contributed by atoms with van der Waals surface area (Å²) in [5.41, 5.74) is 1.44. The fraction of sp³-hybridized carbons (Fsp3) is 0.250. The number of ketones is 1. The lowest BCUT2D eigenvalue weighted by atomic mass is 9.89. The molecule has 0 aromatic heterocycles. The molecular formula is C20H20O4. The highest BCUT2D eigenvalue weighted by molar-refractivity contribution is 6.30. The number of allylic oxidation sites excluding steroid dienone is 1. The fourth-order valence-electron chi connectivity index (χ4n) is 2.84. The van der Waals surface area contributed by atoms with Crippen molar-refractivity contribution in [2.75, 3.05) is 14.2 Å². The Bertz CT molecular complexity index is 818. The highest BCUT2D eigenvalue weighted by atomic mass is 16.5. The summed E-state index contributed by atoms with van der Waals surface area (Å²) in [5, 5.41) is 0. The molecule has 1 heterocycles. The third-order valence-corrected chi connectivity index (χ3v) is 3.93. The van der Waals surface area contributed by atoms with Crippen LogP contribution < -0.4 is 14.2 Å². The molecule has 0 unspecified atom stereocenters.